The van der Waals surface area contributed by atoms with Crippen LogP contribution >= 0.6 is 0 Å². The van der Waals surface area contributed by atoms with Crippen molar-refractivity contribution in [3.05, 3.63) is 102 Å². The number of carbonyl (C=O) groups excluding carboxylic acids is 1. The molecule has 0 N–H and O–H groups in total. The van der Waals surface area contributed by atoms with E-state index < -0.39 is 0 Å². The van der Waals surface area contributed by atoms with Gasteiger partial charge in [-0.1, -0.05) is 30.3 Å². The second-order valence-electron chi connectivity index (χ2n) is 8.99. The summed E-state index contributed by atoms with van der Waals surface area (Å²) in [5.74, 6) is 1.06. The molecule has 8 nitrogen and oxygen atoms in total. The molecule has 36 heavy (non-hydrogen) atoms. The Kier molecular flexibility index (Phi) is 5.41. The zero-order valence-corrected chi connectivity index (χ0v) is 20.1. The van der Waals surface area contributed by atoms with Crippen LogP contribution < -0.4 is 4.90 Å². The zero-order chi connectivity index (χ0) is 24.6. The van der Waals surface area contributed by atoms with Gasteiger partial charge in [-0.2, -0.15) is 0 Å². The van der Waals surface area contributed by atoms with Crippen molar-refractivity contribution in [1.29, 1.82) is 0 Å². The molecule has 8 heteroatoms. The largest absolute Gasteiger partial charge is 0.309 e. The van der Waals surface area contributed by atoms with Crippen molar-refractivity contribution in [3.63, 3.8) is 0 Å². The Balaban J connectivity index is 1.42. The standard InChI is InChI=1S/C28H25N7O/c1-19-20(2)33(17-29-19)24-11-6-8-21(16-24)28(36)35(23-9-4-3-5-10-23)26-13-7-12-25(31-26)27-32-30-18-34(27)22-14-15-22/h3-13,16-18,22H,14-15H2,1-2H3. The lowest BCUT2D eigenvalue weighted by Crippen LogP contribution is -2.27. The summed E-state index contributed by atoms with van der Waals surface area (Å²) in [6.07, 6.45) is 5.77. The summed E-state index contributed by atoms with van der Waals surface area (Å²) in [6, 6.07) is 23.2. The molecule has 0 saturated heterocycles. The number of anilines is 2. The average Bonchev–Trinajstić information content (AvgIpc) is 3.55. The normalized spacial score (nSPS) is 13.1. The van der Waals surface area contributed by atoms with Crippen LogP contribution in [0.1, 0.15) is 40.6 Å². The summed E-state index contributed by atoms with van der Waals surface area (Å²) < 4.78 is 4.06. The van der Waals surface area contributed by atoms with Crippen molar-refractivity contribution >= 4 is 17.4 Å². The van der Waals surface area contributed by atoms with Crippen LogP contribution in [0.5, 0.6) is 0 Å². The molecule has 178 valence electrons. The van der Waals surface area contributed by atoms with Crippen LogP contribution in [0.4, 0.5) is 11.5 Å². The number of amides is 1. The molecule has 0 unspecified atom stereocenters. The van der Waals surface area contributed by atoms with E-state index in [1.807, 2.05) is 91.2 Å². The predicted octanol–water partition coefficient (Wildman–Crippen LogP) is 5.46. The third-order valence-corrected chi connectivity index (χ3v) is 6.55. The number of para-hydroxylation sites is 1. The molecule has 1 amide bonds. The summed E-state index contributed by atoms with van der Waals surface area (Å²) in [7, 11) is 0. The Morgan fingerprint density at radius 3 is 2.50 bits per heavy atom. The summed E-state index contributed by atoms with van der Waals surface area (Å²) in [5.41, 5.74) is 4.84. The molecule has 3 heterocycles. The lowest BCUT2D eigenvalue weighted by molar-refractivity contribution is 0.0998. The van der Waals surface area contributed by atoms with Crippen molar-refractivity contribution in [1.82, 2.24) is 29.3 Å². The Bertz CT molecular complexity index is 1550. The monoisotopic (exact) mass is 475 g/mol. The molecule has 1 aliphatic carbocycles. The van der Waals surface area contributed by atoms with Crippen molar-refractivity contribution in [3.8, 4) is 17.2 Å². The number of aromatic nitrogens is 6. The van der Waals surface area contributed by atoms with Crippen LogP contribution in [0.3, 0.4) is 0 Å². The fraction of sp³-hybridized carbons (Fsp3) is 0.179. The van der Waals surface area contributed by atoms with Gasteiger partial charge in [0.05, 0.1) is 17.7 Å². The maximum absolute atomic E-state index is 14.0. The topological polar surface area (TPSA) is 81.7 Å². The fourth-order valence-electron chi connectivity index (χ4n) is 4.33. The SMILES string of the molecule is Cc1ncn(-c2cccc(C(=O)N(c3ccccc3)c3cccc(-c4nncn4C4CC4)n3)c2)c1C. The van der Waals surface area contributed by atoms with Crippen LogP contribution in [-0.2, 0) is 0 Å². The Hall–Kier alpha value is -4.59. The van der Waals surface area contributed by atoms with Gasteiger partial charge in [-0.3, -0.25) is 9.69 Å². The average molecular weight is 476 g/mol. The molecule has 3 aromatic heterocycles. The minimum absolute atomic E-state index is 0.175. The van der Waals surface area contributed by atoms with Gasteiger partial charge in [-0.25, -0.2) is 9.97 Å². The third kappa shape index (κ3) is 3.96. The second kappa shape index (κ2) is 8.88. The van der Waals surface area contributed by atoms with Gasteiger partial charge >= 0.3 is 0 Å². The van der Waals surface area contributed by atoms with Crippen LogP contribution in [0, 0.1) is 13.8 Å². The molecule has 5 aromatic rings. The third-order valence-electron chi connectivity index (χ3n) is 6.55. The minimum Gasteiger partial charge on any atom is -0.309 e. The number of nitrogens with zero attached hydrogens (tertiary/aromatic N) is 7. The first kappa shape index (κ1) is 21.9. The van der Waals surface area contributed by atoms with E-state index in [-0.39, 0.29) is 5.91 Å². The van der Waals surface area contributed by atoms with E-state index >= 15 is 0 Å². The first-order valence-electron chi connectivity index (χ1n) is 12.0. The fourth-order valence-corrected chi connectivity index (χ4v) is 4.33. The van der Waals surface area contributed by atoms with Crippen LogP contribution in [0.25, 0.3) is 17.2 Å². The lowest BCUT2D eigenvalue weighted by atomic mass is 10.1. The van der Waals surface area contributed by atoms with E-state index in [0.29, 0.717) is 28.9 Å². The van der Waals surface area contributed by atoms with E-state index in [2.05, 4.69) is 19.7 Å². The van der Waals surface area contributed by atoms with E-state index in [9.17, 15) is 4.79 Å². The number of carbonyl (C=O) groups is 1. The highest BCUT2D eigenvalue weighted by atomic mass is 16.2. The molecule has 1 saturated carbocycles. The molecular weight excluding hydrogens is 450 g/mol. The smallest absolute Gasteiger partial charge is 0.264 e. The quantitative estimate of drug-likeness (QED) is 0.326. The molecule has 0 aliphatic heterocycles. The van der Waals surface area contributed by atoms with E-state index in [1.165, 1.54) is 0 Å². The summed E-state index contributed by atoms with van der Waals surface area (Å²) in [5, 5.41) is 8.43. The Morgan fingerprint density at radius 1 is 0.944 bits per heavy atom. The van der Waals surface area contributed by atoms with Gasteiger partial charge in [0.2, 0.25) is 0 Å². The van der Waals surface area contributed by atoms with Gasteiger partial charge in [-0.05, 0) is 69.2 Å². The van der Waals surface area contributed by atoms with E-state index in [1.54, 1.807) is 17.6 Å². The zero-order valence-electron chi connectivity index (χ0n) is 20.1. The van der Waals surface area contributed by atoms with Crippen molar-refractivity contribution < 1.29 is 4.79 Å². The number of rotatable bonds is 6. The Labute approximate surface area is 208 Å². The summed E-state index contributed by atoms with van der Waals surface area (Å²) >= 11 is 0. The molecule has 0 bridgehead atoms. The van der Waals surface area contributed by atoms with Gasteiger partial charge in [0.25, 0.3) is 5.91 Å². The molecule has 0 spiro atoms. The molecule has 6 rings (SSSR count). The highest BCUT2D eigenvalue weighted by Gasteiger charge is 2.28. The van der Waals surface area contributed by atoms with Crippen LogP contribution in [0.2, 0.25) is 0 Å². The molecule has 0 radical (unpaired) electrons. The molecular formula is C28H25N7O. The molecule has 0 atom stereocenters. The maximum atomic E-state index is 14.0. The van der Waals surface area contributed by atoms with Gasteiger partial charge in [-0.15, -0.1) is 10.2 Å². The molecule has 1 fully saturated rings. The number of pyridine rings is 1. The van der Waals surface area contributed by atoms with Gasteiger partial charge in [0.1, 0.15) is 17.8 Å². The lowest BCUT2D eigenvalue weighted by Gasteiger charge is -2.23. The van der Waals surface area contributed by atoms with Crippen LogP contribution in [0.15, 0.2) is 85.5 Å². The number of benzene rings is 2. The second-order valence-corrected chi connectivity index (χ2v) is 8.99. The highest BCUT2D eigenvalue weighted by Crippen LogP contribution is 2.37. The highest BCUT2D eigenvalue weighted by molar-refractivity contribution is 6.10. The molecule has 2 aromatic carbocycles. The van der Waals surface area contributed by atoms with Crippen LogP contribution in [-0.4, -0.2) is 35.2 Å². The number of hydrogen-bond acceptors (Lipinski definition) is 5. The van der Waals surface area contributed by atoms with Crippen molar-refractivity contribution in [2.75, 3.05) is 4.90 Å². The summed E-state index contributed by atoms with van der Waals surface area (Å²) in [4.78, 5) is 24.9. The first-order chi connectivity index (χ1) is 17.6. The Morgan fingerprint density at radius 2 is 1.75 bits per heavy atom. The summed E-state index contributed by atoms with van der Waals surface area (Å²) in [6.45, 7) is 3.99. The van der Waals surface area contributed by atoms with E-state index in [4.69, 9.17) is 4.98 Å². The van der Waals surface area contributed by atoms with Gasteiger partial charge in [0.15, 0.2) is 5.82 Å². The predicted molar refractivity (Wildman–Crippen MR) is 137 cm³/mol. The van der Waals surface area contributed by atoms with Gasteiger partial charge < -0.3 is 9.13 Å². The number of hydrogen-bond donors (Lipinski definition) is 0. The maximum Gasteiger partial charge on any atom is 0.264 e. The molecule has 1 aliphatic rings. The van der Waals surface area contributed by atoms with Crippen molar-refractivity contribution in [2.24, 2.45) is 0 Å². The van der Waals surface area contributed by atoms with Gasteiger partial charge in [0, 0.05) is 23.0 Å². The van der Waals surface area contributed by atoms with Crippen molar-refractivity contribution in [2.45, 2.75) is 32.7 Å². The number of aryl methyl sites for hydroxylation is 1. The minimum atomic E-state index is -0.175. The first-order valence-corrected chi connectivity index (χ1v) is 12.0. The van der Waals surface area contributed by atoms with E-state index in [0.717, 1.165) is 35.6 Å². The number of imidazole rings is 1.